The number of aryl methyl sites for hydroxylation is 1. The molecule has 0 amide bonds. The Morgan fingerprint density at radius 1 is 1.23 bits per heavy atom. The molecule has 0 saturated carbocycles. The maximum atomic E-state index is 14.7. The smallest absolute Gasteiger partial charge is 0.422 e. The van der Waals surface area contributed by atoms with Crippen LogP contribution in [0.15, 0.2) is 52.2 Å². The molecule has 0 bridgehead atoms. The summed E-state index contributed by atoms with van der Waals surface area (Å²) in [5, 5.41) is 11.5. The van der Waals surface area contributed by atoms with Crippen molar-refractivity contribution in [2.75, 3.05) is 6.61 Å². The van der Waals surface area contributed by atoms with Gasteiger partial charge in [0.2, 0.25) is 0 Å². The Labute approximate surface area is 192 Å². The number of nitrogens with zero attached hydrogens (tertiary/aromatic N) is 6. The lowest BCUT2D eigenvalue weighted by atomic mass is 10.2. The third-order valence-corrected chi connectivity index (χ3v) is 5.12. The number of hydrogen-bond acceptors (Lipinski definition) is 8. The van der Waals surface area contributed by atoms with Gasteiger partial charge in [0.25, 0.3) is 5.56 Å². The van der Waals surface area contributed by atoms with E-state index in [4.69, 9.17) is 10.3 Å². The fourth-order valence-corrected chi connectivity index (χ4v) is 3.51. The molecule has 1 unspecified atom stereocenters. The molecule has 180 valence electrons. The molecule has 10 nitrogen and oxygen atoms in total. The molecule has 1 atom stereocenters. The molecule has 14 heteroatoms. The summed E-state index contributed by atoms with van der Waals surface area (Å²) in [5.74, 6) is -0.614. The molecule has 0 aliphatic heterocycles. The summed E-state index contributed by atoms with van der Waals surface area (Å²) in [6.07, 6.45) is -1.86. The number of ether oxygens (including phenoxy) is 1. The van der Waals surface area contributed by atoms with Gasteiger partial charge in [0.1, 0.15) is 11.9 Å². The quantitative estimate of drug-likeness (QED) is 0.374. The van der Waals surface area contributed by atoms with Crippen LogP contribution in [-0.4, -0.2) is 42.1 Å². The van der Waals surface area contributed by atoms with E-state index >= 15 is 0 Å². The average Bonchev–Trinajstić information content (AvgIpc) is 3.44. The Hall–Kier alpha value is -4.33. The molecular formula is C21H15F4N7O3. The summed E-state index contributed by atoms with van der Waals surface area (Å²) in [5.41, 5.74) is 6.65. The minimum atomic E-state index is -4.55. The molecule has 0 spiro atoms. The van der Waals surface area contributed by atoms with Crippen LogP contribution in [0.4, 0.5) is 17.6 Å². The van der Waals surface area contributed by atoms with Crippen molar-refractivity contribution in [3.05, 3.63) is 70.5 Å². The first-order valence-electron chi connectivity index (χ1n) is 10.0. The Balaban J connectivity index is 1.57. The molecule has 0 aliphatic carbocycles. The standard InChI is InChI=1S/C21H15F4N7O3/c1-10-4-16(35-30-10)11-5-14(22)18-28-29-19(32(18)8-11)17(26)31-3-2-15-13(20(31)33)6-12(7-27-15)34-9-21(23,24)25/h2-8,17H,9,26H2,1H3. The minimum Gasteiger partial charge on any atom is -0.482 e. The van der Waals surface area contributed by atoms with E-state index in [-0.39, 0.29) is 28.1 Å². The van der Waals surface area contributed by atoms with E-state index in [9.17, 15) is 22.4 Å². The van der Waals surface area contributed by atoms with Crippen LogP contribution in [0.5, 0.6) is 5.75 Å². The van der Waals surface area contributed by atoms with Gasteiger partial charge in [-0.05, 0) is 25.1 Å². The number of aromatic nitrogens is 6. The lowest BCUT2D eigenvalue weighted by Gasteiger charge is -2.15. The molecule has 0 saturated heterocycles. The second-order valence-corrected chi connectivity index (χ2v) is 7.64. The van der Waals surface area contributed by atoms with Crippen LogP contribution in [0.1, 0.15) is 17.7 Å². The van der Waals surface area contributed by atoms with Gasteiger partial charge in [0.05, 0.1) is 22.8 Å². The van der Waals surface area contributed by atoms with Crippen molar-refractivity contribution in [2.24, 2.45) is 5.73 Å². The van der Waals surface area contributed by atoms with Crippen LogP contribution in [-0.2, 0) is 0 Å². The van der Waals surface area contributed by atoms with Gasteiger partial charge in [-0.2, -0.15) is 13.2 Å². The van der Waals surface area contributed by atoms with Gasteiger partial charge >= 0.3 is 6.18 Å². The highest BCUT2D eigenvalue weighted by Crippen LogP contribution is 2.25. The van der Waals surface area contributed by atoms with Crippen LogP contribution in [0.25, 0.3) is 27.9 Å². The van der Waals surface area contributed by atoms with E-state index in [0.717, 1.165) is 16.8 Å². The van der Waals surface area contributed by atoms with E-state index in [1.165, 1.54) is 28.9 Å². The van der Waals surface area contributed by atoms with Crippen molar-refractivity contribution < 1.29 is 26.8 Å². The van der Waals surface area contributed by atoms with Crippen LogP contribution in [0.2, 0.25) is 0 Å². The second kappa shape index (κ2) is 8.16. The molecule has 0 fully saturated rings. The molecule has 0 aromatic carbocycles. The van der Waals surface area contributed by atoms with Gasteiger partial charge in [0, 0.05) is 24.0 Å². The van der Waals surface area contributed by atoms with Crippen LogP contribution < -0.4 is 16.0 Å². The van der Waals surface area contributed by atoms with Crippen LogP contribution in [0.3, 0.4) is 0 Å². The predicted octanol–water partition coefficient (Wildman–Crippen LogP) is 2.99. The van der Waals surface area contributed by atoms with Gasteiger partial charge in [-0.25, -0.2) is 4.39 Å². The van der Waals surface area contributed by atoms with E-state index in [1.54, 1.807) is 13.0 Å². The number of rotatable bonds is 5. The van der Waals surface area contributed by atoms with E-state index in [2.05, 4.69) is 25.1 Å². The van der Waals surface area contributed by atoms with Crippen molar-refractivity contribution in [3.63, 3.8) is 0 Å². The fourth-order valence-electron chi connectivity index (χ4n) is 3.51. The Morgan fingerprint density at radius 3 is 2.74 bits per heavy atom. The van der Waals surface area contributed by atoms with E-state index < -0.39 is 30.3 Å². The normalized spacial score (nSPS) is 13.0. The molecule has 0 aliphatic rings. The van der Waals surface area contributed by atoms with Gasteiger partial charge in [-0.3, -0.25) is 18.7 Å². The zero-order valence-electron chi connectivity index (χ0n) is 17.8. The summed E-state index contributed by atoms with van der Waals surface area (Å²) >= 11 is 0. The Bertz CT molecular complexity index is 1620. The number of fused-ring (bicyclic) bond motifs is 2. The summed E-state index contributed by atoms with van der Waals surface area (Å²) in [4.78, 5) is 17.1. The molecule has 5 aromatic heterocycles. The van der Waals surface area contributed by atoms with Crippen LogP contribution >= 0.6 is 0 Å². The number of halogens is 4. The molecule has 5 rings (SSSR count). The van der Waals surface area contributed by atoms with Gasteiger partial charge < -0.3 is 15.0 Å². The van der Waals surface area contributed by atoms with Crippen molar-refractivity contribution in [2.45, 2.75) is 19.3 Å². The number of alkyl halides is 3. The lowest BCUT2D eigenvalue weighted by molar-refractivity contribution is -0.153. The van der Waals surface area contributed by atoms with Gasteiger partial charge in [-0.15, -0.1) is 10.2 Å². The first kappa shape index (κ1) is 22.5. The molecule has 0 radical (unpaired) electrons. The number of pyridine rings is 3. The van der Waals surface area contributed by atoms with Crippen molar-refractivity contribution in [1.29, 1.82) is 0 Å². The first-order chi connectivity index (χ1) is 16.6. The first-order valence-corrected chi connectivity index (χ1v) is 10.0. The van der Waals surface area contributed by atoms with E-state index in [1.807, 2.05) is 0 Å². The van der Waals surface area contributed by atoms with Crippen LogP contribution in [0, 0.1) is 12.7 Å². The fraction of sp³-hybridized carbons (Fsp3) is 0.190. The van der Waals surface area contributed by atoms with Gasteiger partial charge in [0.15, 0.2) is 29.7 Å². The minimum absolute atomic E-state index is 0.0240. The van der Waals surface area contributed by atoms with Crippen molar-refractivity contribution >= 4 is 16.6 Å². The largest absolute Gasteiger partial charge is 0.482 e. The van der Waals surface area contributed by atoms with Crippen molar-refractivity contribution in [3.8, 4) is 17.1 Å². The zero-order valence-corrected chi connectivity index (χ0v) is 17.8. The van der Waals surface area contributed by atoms with E-state index in [0.29, 0.717) is 17.0 Å². The Morgan fingerprint density at radius 2 is 2.03 bits per heavy atom. The maximum Gasteiger partial charge on any atom is 0.422 e. The predicted molar refractivity (Wildman–Crippen MR) is 113 cm³/mol. The molecular weight excluding hydrogens is 474 g/mol. The van der Waals surface area contributed by atoms with Crippen molar-refractivity contribution in [1.82, 2.24) is 29.3 Å². The summed E-state index contributed by atoms with van der Waals surface area (Å²) in [7, 11) is 0. The lowest BCUT2D eigenvalue weighted by Crippen LogP contribution is -2.32. The average molecular weight is 489 g/mol. The zero-order chi connectivity index (χ0) is 24.9. The third kappa shape index (κ3) is 4.19. The Kier molecular flexibility index (Phi) is 5.24. The highest BCUT2D eigenvalue weighted by molar-refractivity contribution is 5.78. The molecule has 5 aromatic rings. The SMILES string of the molecule is Cc1cc(-c2cc(F)c3nnc(C(N)n4ccc5ncc(OCC(F)(F)F)cc5c4=O)n3c2)on1. The van der Waals surface area contributed by atoms with Gasteiger partial charge in [-0.1, -0.05) is 5.16 Å². The summed E-state index contributed by atoms with van der Waals surface area (Å²) < 4.78 is 64.4. The second-order valence-electron chi connectivity index (χ2n) is 7.64. The third-order valence-electron chi connectivity index (χ3n) is 5.12. The topological polar surface area (TPSA) is 126 Å². The maximum absolute atomic E-state index is 14.7. The molecule has 5 heterocycles. The highest BCUT2D eigenvalue weighted by Gasteiger charge is 2.28. The molecule has 2 N–H and O–H groups in total. The summed E-state index contributed by atoms with van der Waals surface area (Å²) in [6, 6.07) is 5.42. The molecule has 35 heavy (non-hydrogen) atoms. The highest BCUT2D eigenvalue weighted by atomic mass is 19.4. The number of hydrogen-bond donors (Lipinski definition) is 1. The summed E-state index contributed by atoms with van der Waals surface area (Å²) in [6.45, 7) is 0.174. The monoisotopic (exact) mass is 489 g/mol. The number of nitrogens with two attached hydrogens (primary N) is 1.